The third-order valence-corrected chi connectivity index (χ3v) is 6.60. The van der Waals surface area contributed by atoms with Crippen LogP contribution in [0.3, 0.4) is 0 Å². The highest BCUT2D eigenvalue weighted by atomic mass is 35.5. The molecule has 33 heavy (non-hydrogen) atoms. The molecule has 0 radical (unpaired) electrons. The molecule has 0 spiro atoms. The highest BCUT2D eigenvalue weighted by Crippen LogP contribution is 2.29. The second-order valence-electron chi connectivity index (χ2n) is 7.76. The van der Waals surface area contributed by atoms with Crippen LogP contribution in [0.15, 0.2) is 84.0 Å². The zero-order valence-electron chi connectivity index (χ0n) is 18.5. The van der Waals surface area contributed by atoms with Gasteiger partial charge in [-0.3, -0.25) is 9.36 Å². The summed E-state index contributed by atoms with van der Waals surface area (Å²) in [5, 5.41) is 13.0. The van der Waals surface area contributed by atoms with Gasteiger partial charge in [0.1, 0.15) is 0 Å². The van der Waals surface area contributed by atoms with Crippen molar-refractivity contribution in [3.8, 4) is 17.1 Å². The van der Waals surface area contributed by atoms with Crippen molar-refractivity contribution in [1.82, 2.24) is 14.8 Å². The molecule has 3 aromatic carbocycles. The van der Waals surface area contributed by atoms with Crippen LogP contribution in [0.5, 0.6) is 0 Å². The Hall–Kier alpha value is -3.09. The molecular weight excluding hydrogens is 452 g/mol. The lowest BCUT2D eigenvalue weighted by Gasteiger charge is -2.11. The number of hydrogen-bond donors (Lipinski definition) is 1. The number of benzene rings is 3. The average Bonchev–Trinajstić information content (AvgIpc) is 3.27. The van der Waals surface area contributed by atoms with Crippen molar-refractivity contribution in [2.75, 3.05) is 11.1 Å². The standard InChI is InChI=1S/C26H25ClN4OS/c1-3-18(2)19-12-14-22(15-13-19)28-24(32)17-33-26-30-29-25(20-8-7-9-21(27)16-20)31(26)23-10-5-4-6-11-23/h4-16,18H,3,17H2,1-2H3,(H,28,32)/t18-/m0/s1. The molecule has 0 aliphatic carbocycles. The van der Waals surface area contributed by atoms with Gasteiger partial charge in [-0.2, -0.15) is 0 Å². The number of thioether (sulfide) groups is 1. The summed E-state index contributed by atoms with van der Waals surface area (Å²) in [5.74, 6) is 1.30. The van der Waals surface area contributed by atoms with Crippen LogP contribution in [0.25, 0.3) is 17.1 Å². The molecule has 1 amide bonds. The van der Waals surface area contributed by atoms with Crippen molar-refractivity contribution in [3.05, 3.63) is 89.4 Å². The van der Waals surface area contributed by atoms with Gasteiger partial charge in [0.05, 0.1) is 5.75 Å². The quantitative estimate of drug-likeness (QED) is 0.283. The summed E-state index contributed by atoms with van der Waals surface area (Å²) >= 11 is 7.54. The SMILES string of the molecule is CC[C@H](C)c1ccc(NC(=O)CSc2nnc(-c3cccc(Cl)c3)n2-c2ccccc2)cc1. The van der Waals surface area contributed by atoms with Gasteiger partial charge < -0.3 is 5.32 Å². The fourth-order valence-corrected chi connectivity index (χ4v) is 4.39. The summed E-state index contributed by atoms with van der Waals surface area (Å²) in [6.45, 7) is 4.37. The average molecular weight is 477 g/mol. The minimum absolute atomic E-state index is 0.0943. The minimum Gasteiger partial charge on any atom is -0.325 e. The Balaban J connectivity index is 1.52. The molecule has 168 valence electrons. The Kier molecular flexibility index (Phi) is 7.47. The van der Waals surface area contributed by atoms with Crippen molar-refractivity contribution in [2.45, 2.75) is 31.3 Å². The number of para-hydroxylation sites is 1. The second-order valence-corrected chi connectivity index (χ2v) is 9.13. The van der Waals surface area contributed by atoms with Crippen LogP contribution in [0.1, 0.15) is 31.7 Å². The molecule has 0 aliphatic heterocycles. The van der Waals surface area contributed by atoms with Crippen LogP contribution >= 0.6 is 23.4 Å². The number of aromatic nitrogens is 3. The summed E-state index contributed by atoms with van der Waals surface area (Å²) in [4.78, 5) is 12.6. The zero-order chi connectivity index (χ0) is 23.2. The largest absolute Gasteiger partial charge is 0.325 e. The molecule has 0 fully saturated rings. The molecule has 1 atom stereocenters. The van der Waals surface area contributed by atoms with Gasteiger partial charge in [0.2, 0.25) is 5.91 Å². The first kappa shape index (κ1) is 23.1. The topological polar surface area (TPSA) is 59.8 Å². The van der Waals surface area contributed by atoms with E-state index in [-0.39, 0.29) is 11.7 Å². The molecule has 0 aliphatic rings. The molecule has 0 saturated heterocycles. The molecule has 0 bridgehead atoms. The van der Waals surface area contributed by atoms with E-state index in [4.69, 9.17) is 11.6 Å². The monoisotopic (exact) mass is 476 g/mol. The molecule has 0 unspecified atom stereocenters. The number of carbonyl (C=O) groups excluding carboxylic acids is 1. The molecule has 0 saturated carbocycles. The Labute approximate surface area is 203 Å². The molecule has 1 heterocycles. The van der Waals surface area contributed by atoms with Crippen LogP contribution in [-0.2, 0) is 4.79 Å². The summed E-state index contributed by atoms with van der Waals surface area (Å²) in [5.41, 5.74) is 3.84. The summed E-state index contributed by atoms with van der Waals surface area (Å²) in [6, 6.07) is 25.4. The maximum absolute atomic E-state index is 12.6. The van der Waals surface area contributed by atoms with Crippen molar-refractivity contribution in [1.29, 1.82) is 0 Å². The molecule has 4 rings (SSSR count). The van der Waals surface area contributed by atoms with E-state index in [2.05, 4.69) is 41.5 Å². The van der Waals surface area contributed by atoms with Gasteiger partial charge in [0, 0.05) is 22.0 Å². The highest BCUT2D eigenvalue weighted by Gasteiger charge is 2.17. The lowest BCUT2D eigenvalue weighted by Crippen LogP contribution is -2.14. The lowest BCUT2D eigenvalue weighted by molar-refractivity contribution is -0.113. The number of anilines is 1. The number of hydrogen-bond acceptors (Lipinski definition) is 4. The molecule has 1 N–H and O–H groups in total. The number of nitrogens with zero attached hydrogens (tertiary/aromatic N) is 3. The van der Waals surface area contributed by atoms with Gasteiger partial charge in [-0.05, 0) is 54.3 Å². The first-order valence-electron chi connectivity index (χ1n) is 10.8. The Morgan fingerprint density at radius 2 is 1.79 bits per heavy atom. The van der Waals surface area contributed by atoms with Crippen molar-refractivity contribution >= 4 is 35.0 Å². The van der Waals surface area contributed by atoms with Gasteiger partial charge in [-0.1, -0.05) is 79.7 Å². The number of nitrogens with one attached hydrogen (secondary N) is 1. The van der Waals surface area contributed by atoms with E-state index >= 15 is 0 Å². The van der Waals surface area contributed by atoms with Crippen LogP contribution in [0.2, 0.25) is 5.02 Å². The van der Waals surface area contributed by atoms with Gasteiger partial charge in [0.25, 0.3) is 0 Å². The number of carbonyl (C=O) groups is 1. The van der Waals surface area contributed by atoms with Crippen LogP contribution < -0.4 is 5.32 Å². The van der Waals surface area contributed by atoms with Crippen molar-refractivity contribution < 1.29 is 4.79 Å². The molecule has 4 aromatic rings. The third kappa shape index (κ3) is 5.64. The first-order chi connectivity index (χ1) is 16.0. The first-order valence-corrected chi connectivity index (χ1v) is 12.2. The van der Waals surface area contributed by atoms with Crippen molar-refractivity contribution in [2.24, 2.45) is 0 Å². The number of amides is 1. The minimum atomic E-state index is -0.0943. The van der Waals surface area contributed by atoms with E-state index in [1.807, 2.05) is 71.3 Å². The number of halogens is 1. The van der Waals surface area contributed by atoms with Gasteiger partial charge in [0.15, 0.2) is 11.0 Å². The van der Waals surface area contributed by atoms with E-state index in [9.17, 15) is 4.79 Å². The second kappa shape index (κ2) is 10.7. The van der Waals surface area contributed by atoms with Gasteiger partial charge in [-0.25, -0.2) is 0 Å². The molecule has 1 aromatic heterocycles. The fraction of sp³-hybridized carbons (Fsp3) is 0.192. The smallest absolute Gasteiger partial charge is 0.234 e. The van der Waals surface area contributed by atoms with Crippen LogP contribution in [-0.4, -0.2) is 26.4 Å². The van der Waals surface area contributed by atoms with E-state index in [1.165, 1.54) is 17.3 Å². The van der Waals surface area contributed by atoms with E-state index in [0.717, 1.165) is 23.4 Å². The Morgan fingerprint density at radius 3 is 2.48 bits per heavy atom. The summed E-state index contributed by atoms with van der Waals surface area (Å²) in [6.07, 6.45) is 1.08. The normalized spacial score (nSPS) is 11.8. The highest BCUT2D eigenvalue weighted by molar-refractivity contribution is 7.99. The number of rotatable bonds is 8. The van der Waals surface area contributed by atoms with Crippen LogP contribution in [0, 0.1) is 0 Å². The van der Waals surface area contributed by atoms with E-state index in [0.29, 0.717) is 21.9 Å². The predicted octanol–water partition coefficient (Wildman–Crippen LogP) is 6.83. The maximum Gasteiger partial charge on any atom is 0.234 e. The maximum atomic E-state index is 12.6. The molecular formula is C26H25ClN4OS. The molecule has 5 nitrogen and oxygen atoms in total. The Bertz CT molecular complexity index is 1220. The van der Waals surface area contributed by atoms with Crippen LogP contribution in [0.4, 0.5) is 5.69 Å². The van der Waals surface area contributed by atoms with Crippen molar-refractivity contribution in [3.63, 3.8) is 0 Å². The fourth-order valence-electron chi connectivity index (χ4n) is 3.45. The van der Waals surface area contributed by atoms with E-state index < -0.39 is 0 Å². The summed E-state index contributed by atoms with van der Waals surface area (Å²) < 4.78 is 1.95. The van der Waals surface area contributed by atoms with Gasteiger partial charge >= 0.3 is 0 Å². The lowest BCUT2D eigenvalue weighted by atomic mass is 9.99. The summed E-state index contributed by atoms with van der Waals surface area (Å²) in [7, 11) is 0. The van der Waals surface area contributed by atoms with E-state index in [1.54, 1.807) is 0 Å². The zero-order valence-corrected chi connectivity index (χ0v) is 20.1. The predicted molar refractivity (Wildman–Crippen MR) is 136 cm³/mol. The molecule has 7 heteroatoms. The Morgan fingerprint density at radius 1 is 1.03 bits per heavy atom. The third-order valence-electron chi connectivity index (χ3n) is 5.44. The van der Waals surface area contributed by atoms with Gasteiger partial charge in [-0.15, -0.1) is 10.2 Å².